The van der Waals surface area contributed by atoms with Crippen molar-refractivity contribution < 1.29 is 8.42 Å². The minimum Gasteiger partial charge on any atom is -0.299 e. The van der Waals surface area contributed by atoms with Crippen LogP contribution in [0.5, 0.6) is 0 Å². The maximum Gasteiger partial charge on any atom is 0.308 e. The van der Waals surface area contributed by atoms with Gasteiger partial charge in [-0.2, -0.15) is 0 Å². The molecule has 1 heterocycles. The van der Waals surface area contributed by atoms with Crippen molar-refractivity contribution in [3.05, 3.63) is 56.7 Å². The summed E-state index contributed by atoms with van der Waals surface area (Å²) in [5.74, 6) is 0. The van der Waals surface area contributed by atoms with Gasteiger partial charge in [0.15, 0.2) is 0 Å². The highest BCUT2D eigenvalue weighted by Crippen LogP contribution is 2.26. The van der Waals surface area contributed by atoms with Crippen LogP contribution in [0, 0.1) is 20.8 Å². The maximum absolute atomic E-state index is 12.8. The summed E-state index contributed by atoms with van der Waals surface area (Å²) in [7, 11) is -3.70. The standard InChI is InChI=1S/C19H22N2O3S2/c1-5-8-21-16-7-6-15(11-17(16)25-19(21)22)20-26(23,24)18-10-13(3)12(2)9-14(18)4/h6-7,9-11,20H,5,8H2,1-4H3. The first-order chi connectivity index (χ1) is 12.2. The normalized spacial score (nSPS) is 11.8. The Morgan fingerprint density at radius 1 is 1.04 bits per heavy atom. The third-order valence-corrected chi connectivity index (χ3v) is 6.91. The Hall–Kier alpha value is -2.12. The van der Waals surface area contributed by atoms with E-state index in [9.17, 15) is 13.2 Å². The number of aromatic nitrogens is 1. The second kappa shape index (κ2) is 6.89. The number of nitrogens with one attached hydrogen (secondary N) is 1. The molecular weight excluding hydrogens is 368 g/mol. The lowest BCUT2D eigenvalue weighted by Crippen LogP contribution is -2.15. The predicted octanol–water partition coefficient (Wildman–Crippen LogP) is 4.20. The van der Waals surface area contributed by atoms with Crippen molar-refractivity contribution in [2.75, 3.05) is 4.72 Å². The van der Waals surface area contributed by atoms with E-state index in [0.717, 1.165) is 39.1 Å². The molecule has 0 saturated carbocycles. The molecule has 0 unspecified atom stereocenters. The molecule has 1 aromatic heterocycles. The monoisotopic (exact) mass is 390 g/mol. The average Bonchev–Trinajstić information content (AvgIpc) is 2.86. The summed E-state index contributed by atoms with van der Waals surface area (Å²) in [6.45, 7) is 8.33. The number of aryl methyl sites for hydroxylation is 4. The fraction of sp³-hybridized carbons (Fsp3) is 0.316. The molecule has 138 valence electrons. The molecule has 3 aromatic rings. The number of sulfonamides is 1. The van der Waals surface area contributed by atoms with Gasteiger partial charge < -0.3 is 0 Å². The highest BCUT2D eigenvalue weighted by Gasteiger charge is 2.18. The second-order valence-corrected chi connectivity index (χ2v) is 9.15. The Balaban J connectivity index is 2.00. The summed E-state index contributed by atoms with van der Waals surface area (Å²) in [6.07, 6.45) is 0.867. The fourth-order valence-electron chi connectivity index (χ4n) is 3.00. The minimum atomic E-state index is -3.70. The number of rotatable bonds is 5. The lowest BCUT2D eigenvalue weighted by Gasteiger charge is -2.13. The van der Waals surface area contributed by atoms with Gasteiger partial charge in [0.05, 0.1) is 20.8 Å². The van der Waals surface area contributed by atoms with E-state index < -0.39 is 10.0 Å². The lowest BCUT2D eigenvalue weighted by atomic mass is 10.1. The third kappa shape index (κ3) is 3.41. The van der Waals surface area contributed by atoms with Gasteiger partial charge in [0.1, 0.15) is 0 Å². The van der Waals surface area contributed by atoms with Gasteiger partial charge in [-0.15, -0.1) is 0 Å². The van der Waals surface area contributed by atoms with Gasteiger partial charge in [0.2, 0.25) is 0 Å². The van der Waals surface area contributed by atoms with Crippen LogP contribution in [0.4, 0.5) is 5.69 Å². The first-order valence-electron chi connectivity index (χ1n) is 8.47. The van der Waals surface area contributed by atoms with E-state index in [1.54, 1.807) is 35.8 Å². The van der Waals surface area contributed by atoms with Crippen LogP contribution in [0.25, 0.3) is 10.2 Å². The summed E-state index contributed by atoms with van der Waals surface area (Å²) < 4.78 is 30.8. The van der Waals surface area contributed by atoms with Gasteiger partial charge in [-0.3, -0.25) is 14.1 Å². The SMILES string of the molecule is CCCn1c(=O)sc2cc(NS(=O)(=O)c3cc(C)c(C)cc3C)ccc21. The van der Waals surface area contributed by atoms with Gasteiger partial charge in [-0.05, 0) is 68.1 Å². The zero-order valence-corrected chi connectivity index (χ0v) is 16.9. The van der Waals surface area contributed by atoms with E-state index >= 15 is 0 Å². The van der Waals surface area contributed by atoms with Crippen LogP contribution in [-0.2, 0) is 16.6 Å². The molecule has 0 saturated heterocycles. The average molecular weight is 391 g/mol. The maximum atomic E-state index is 12.8. The highest BCUT2D eigenvalue weighted by atomic mass is 32.2. The Bertz CT molecular complexity index is 1140. The number of thiazole rings is 1. The Morgan fingerprint density at radius 2 is 1.73 bits per heavy atom. The largest absolute Gasteiger partial charge is 0.308 e. The number of nitrogens with zero attached hydrogens (tertiary/aromatic N) is 1. The Labute approximate surface area is 157 Å². The Kier molecular flexibility index (Phi) is 4.94. The number of hydrogen-bond donors (Lipinski definition) is 1. The highest BCUT2D eigenvalue weighted by molar-refractivity contribution is 7.92. The first kappa shape index (κ1) is 18.7. The van der Waals surface area contributed by atoms with Gasteiger partial charge >= 0.3 is 4.87 Å². The molecule has 0 amide bonds. The number of benzene rings is 2. The van der Waals surface area contributed by atoms with Crippen LogP contribution in [0.2, 0.25) is 0 Å². The van der Waals surface area contributed by atoms with Crippen molar-refractivity contribution in [1.82, 2.24) is 4.57 Å². The molecule has 2 aromatic carbocycles. The van der Waals surface area contributed by atoms with Crippen LogP contribution < -0.4 is 9.60 Å². The molecule has 1 N–H and O–H groups in total. The smallest absolute Gasteiger partial charge is 0.299 e. The van der Waals surface area contributed by atoms with E-state index in [2.05, 4.69) is 4.72 Å². The van der Waals surface area contributed by atoms with Crippen molar-refractivity contribution in [3.63, 3.8) is 0 Å². The zero-order chi connectivity index (χ0) is 19.1. The molecule has 3 rings (SSSR count). The molecule has 5 nitrogen and oxygen atoms in total. The van der Waals surface area contributed by atoms with E-state index in [-0.39, 0.29) is 9.77 Å². The van der Waals surface area contributed by atoms with Gasteiger partial charge in [0.25, 0.3) is 10.0 Å². The predicted molar refractivity (Wildman–Crippen MR) is 108 cm³/mol. The summed E-state index contributed by atoms with van der Waals surface area (Å²) in [6, 6.07) is 8.80. The summed E-state index contributed by atoms with van der Waals surface area (Å²) in [5.41, 5.74) is 4.00. The second-order valence-electron chi connectivity index (χ2n) is 6.51. The van der Waals surface area contributed by atoms with Crippen LogP contribution in [0.15, 0.2) is 40.0 Å². The van der Waals surface area contributed by atoms with Crippen molar-refractivity contribution in [2.45, 2.75) is 45.6 Å². The lowest BCUT2D eigenvalue weighted by molar-refractivity contribution is 0.600. The van der Waals surface area contributed by atoms with E-state index in [0.29, 0.717) is 17.8 Å². The Morgan fingerprint density at radius 3 is 2.42 bits per heavy atom. The molecule has 7 heteroatoms. The molecule has 0 bridgehead atoms. The molecule has 0 aliphatic rings. The van der Waals surface area contributed by atoms with E-state index in [1.807, 2.05) is 26.8 Å². The minimum absolute atomic E-state index is 0.0214. The molecule has 0 spiro atoms. The van der Waals surface area contributed by atoms with Crippen LogP contribution in [0.3, 0.4) is 0 Å². The van der Waals surface area contributed by atoms with Gasteiger partial charge in [-0.1, -0.05) is 24.3 Å². The molecule has 0 aliphatic heterocycles. The zero-order valence-electron chi connectivity index (χ0n) is 15.3. The number of anilines is 1. The summed E-state index contributed by atoms with van der Waals surface area (Å²) >= 11 is 1.13. The van der Waals surface area contributed by atoms with Crippen molar-refractivity contribution in [2.24, 2.45) is 0 Å². The third-order valence-electron chi connectivity index (χ3n) is 4.45. The topological polar surface area (TPSA) is 68.2 Å². The number of fused-ring (bicyclic) bond motifs is 1. The van der Waals surface area contributed by atoms with Gasteiger partial charge in [-0.25, -0.2) is 8.42 Å². The quantitative estimate of drug-likeness (QED) is 0.710. The van der Waals surface area contributed by atoms with E-state index in [4.69, 9.17) is 0 Å². The summed E-state index contributed by atoms with van der Waals surface area (Å²) in [4.78, 5) is 12.4. The molecule has 26 heavy (non-hydrogen) atoms. The van der Waals surface area contributed by atoms with Crippen molar-refractivity contribution in [1.29, 1.82) is 0 Å². The molecule has 0 fully saturated rings. The molecule has 0 radical (unpaired) electrons. The molecular formula is C19H22N2O3S2. The van der Waals surface area contributed by atoms with Crippen molar-refractivity contribution in [3.8, 4) is 0 Å². The van der Waals surface area contributed by atoms with Crippen molar-refractivity contribution >= 4 is 37.3 Å². The summed E-state index contributed by atoms with van der Waals surface area (Å²) in [5, 5.41) is 0. The van der Waals surface area contributed by atoms with Crippen LogP contribution in [0.1, 0.15) is 30.0 Å². The number of hydrogen-bond acceptors (Lipinski definition) is 4. The first-order valence-corrected chi connectivity index (χ1v) is 10.8. The van der Waals surface area contributed by atoms with Crippen LogP contribution in [-0.4, -0.2) is 13.0 Å². The fourth-order valence-corrected chi connectivity index (χ4v) is 5.32. The van der Waals surface area contributed by atoms with Crippen LogP contribution >= 0.6 is 11.3 Å². The molecule has 0 atom stereocenters. The van der Waals surface area contributed by atoms with E-state index in [1.165, 1.54) is 0 Å². The van der Waals surface area contributed by atoms with Gasteiger partial charge in [0, 0.05) is 6.54 Å². The molecule has 0 aliphatic carbocycles.